The van der Waals surface area contributed by atoms with Gasteiger partial charge in [0.05, 0.1) is 24.9 Å². The molecule has 1 saturated heterocycles. The van der Waals surface area contributed by atoms with E-state index in [-0.39, 0.29) is 36.4 Å². The van der Waals surface area contributed by atoms with Crippen LogP contribution in [-0.2, 0) is 18.9 Å². The van der Waals surface area contributed by atoms with Gasteiger partial charge in [0.2, 0.25) is 0 Å². The quantitative estimate of drug-likeness (QED) is 0.501. The molecule has 1 aliphatic rings. The van der Waals surface area contributed by atoms with Crippen molar-refractivity contribution >= 4 is 0 Å². The van der Waals surface area contributed by atoms with E-state index in [9.17, 15) is 5.11 Å². The van der Waals surface area contributed by atoms with Crippen molar-refractivity contribution in [2.75, 3.05) is 27.9 Å². The van der Waals surface area contributed by atoms with Gasteiger partial charge in [-0.05, 0) is 44.1 Å². The summed E-state index contributed by atoms with van der Waals surface area (Å²) >= 11 is 0. The number of aliphatic hydroxyl groups is 1. The monoisotopic (exact) mass is 398 g/mol. The Bertz CT molecular complexity index is 472. The molecule has 28 heavy (non-hydrogen) atoms. The number of allylic oxidation sites excluding steroid dienone is 2. The van der Waals surface area contributed by atoms with Gasteiger partial charge < -0.3 is 24.1 Å². The molecule has 1 fully saturated rings. The molecule has 1 heterocycles. The number of hydrogen-bond acceptors (Lipinski definition) is 5. The summed E-state index contributed by atoms with van der Waals surface area (Å²) in [6, 6.07) is 0. The summed E-state index contributed by atoms with van der Waals surface area (Å²) in [6.07, 6.45) is 9.49. The average molecular weight is 399 g/mol. The number of hydrogen-bond donors (Lipinski definition) is 1. The lowest BCUT2D eigenvalue weighted by atomic mass is 9.91. The lowest BCUT2D eigenvalue weighted by Gasteiger charge is -2.36. The summed E-state index contributed by atoms with van der Waals surface area (Å²) in [7, 11) is 5.19. The molecule has 1 rings (SSSR count). The standard InChI is InChI=1S/C23H42O5/c1-8-20(25-5)17(3)12-13-19(24)16(2)10-9-11-18(4)22-23(27-7)21(26-6)14-15-28-22/h9-11,16-17,19-24H,8,12-15H2,1-7H3/b10-9+,18-11+. The van der Waals surface area contributed by atoms with E-state index in [1.165, 1.54) is 0 Å². The lowest BCUT2D eigenvalue weighted by Crippen LogP contribution is -2.47. The molecule has 0 saturated carbocycles. The van der Waals surface area contributed by atoms with Crippen LogP contribution in [0.25, 0.3) is 0 Å². The molecular formula is C23H42O5. The Morgan fingerprint density at radius 1 is 1.18 bits per heavy atom. The van der Waals surface area contributed by atoms with Crippen LogP contribution in [0.15, 0.2) is 23.8 Å². The first-order valence-electron chi connectivity index (χ1n) is 10.6. The van der Waals surface area contributed by atoms with Crippen molar-refractivity contribution < 1.29 is 24.1 Å². The molecule has 0 bridgehead atoms. The van der Waals surface area contributed by atoms with Crippen molar-refractivity contribution in [2.24, 2.45) is 11.8 Å². The van der Waals surface area contributed by atoms with Crippen LogP contribution in [0.5, 0.6) is 0 Å². The fourth-order valence-electron chi connectivity index (χ4n) is 3.97. The van der Waals surface area contributed by atoms with Crippen molar-refractivity contribution in [3.05, 3.63) is 23.8 Å². The van der Waals surface area contributed by atoms with Crippen molar-refractivity contribution in [1.29, 1.82) is 0 Å². The molecule has 7 atom stereocenters. The van der Waals surface area contributed by atoms with Gasteiger partial charge in [0.25, 0.3) is 0 Å². The highest BCUT2D eigenvalue weighted by Gasteiger charge is 2.35. The van der Waals surface area contributed by atoms with E-state index in [1.54, 1.807) is 21.3 Å². The van der Waals surface area contributed by atoms with Crippen LogP contribution < -0.4 is 0 Å². The second-order valence-corrected chi connectivity index (χ2v) is 8.01. The Balaban J connectivity index is 2.56. The fraction of sp³-hybridized carbons (Fsp3) is 0.826. The lowest BCUT2D eigenvalue weighted by molar-refractivity contribution is -0.145. The fourth-order valence-corrected chi connectivity index (χ4v) is 3.97. The van der Waals surface area contributed by atoms with E-state index in [0.717, 1.165) is 31.3 Å². The van der Waals surface area contributed by atoms with Crippen LogP contribution in [0.2, 0.25) is 0 Å². The number of methoxy groups -OCH3 is 3. The second-order valence-electron chi connectivity index (χ2n) is 8.01. The summed E-state index contributed by atoms with van der Waals surface area (Å²) in [5.74, 6) is 0.544. The molecule has 7 unspecified atom stereocenters. The molecular weight excluding hydrogens is 356 g/mol. The molecule has 0 radical (unpaired) electrons. The van der Waals surface area contributed by atoms with Crippen molar-refractivity contribution in [1.82, 2.24) is 0 Å². The van der Waals surface area contributed by atoms with Crippen molar-refractivity contribution in [3.63, 3.8) is 0 Å². The minimum Gasteiger partial charge on any atom is -0.393 e. The van der Waals surface area contributed by atoms with Gasteiger partial charge in [-0.1, -0.05) is 39.0 Å². The van der Waals surface area contributed by atoms with E-state index in [0.29, 0.717) is 12.5 Å². The maximum absolute atomic E-state index is 10.5. The third-order valence-electron chi connectivity index (χ3n) is 6.03. The van der Waals surface area contributed by atoms with Gasteiger partial charge in [0, 0.05) is 27.2 Å². The molecule has 1 aliphatic heterocycles. The Labute approximate surface area is 172 Å². The second kappa shape index (κ2) is 13.5. The SMILES string of the molecule is CCC(OC)C(C)CCC(O)C(C)/C=C/C=C(\C)C1OCCC(OC)C1OC. The minimum absolute atomic E-state index is 0.0536. The van der Waals surface area contributed by atoms with E-state index in [1.807, 2.05) is 6.08 Å². The van der Waals surface area contributed by atoms with Crippen LogP contribution in [0.1, 0.15) is 53.4 Å². The Morgan fingerprint density at radius 2 is 1.89 bits per heavy atom. The molecule has 1 N–H and O–H groups in total. The minimum atomic E-state index is -0.350. The normalized spacial score (nSPS) is 28.3. The van der Waals surface area contributed by atoms with Crippen LogP contribution >= 0.6 is 0 Å². The Morgan fingerprint density at radius 3 is 2.46 bits per heavy atom. The molecule has 164 valence electrons. The van der Waals surface area contributed by atoms with Gasteiger partial charge in [0.1, 0.15) is 12.2 Å². The maximum Gasteiger partial charge on any atom is 0.113 e. The number of aliphatic hydroxyl groups excluding tert-OH is 1. The molecule has 5 heteroatoms. The van der Waals surface area contributed by atoms with Crippen LogP contribution in [-0.4, -0.2) is 63.6 Å². The first-order valence-corrected chi connectivity index (χ1v) is 10.6. The van der Waals surface area contributed by atoms with E-state index < -0.39 is 0 Å². The zero-order valence-electron chi connectivity index (χ0n) is 18.9. The summed E-state index contributed by atoms with van der Waals surface area (Å²) in [5.41, 5.74) is 1.10. The van der Waals surface area contributed by atoms with Crippen molar-refractivity contribution in [2.45, 2.75) is 83.9 Å². The highest BCUT2D eigenvalue weighted by molar-refractivity contribution is 5.18. The van der Waals surface area contributed by atoms with Crippen LogP contribution in [0.4, 0.5) is 0 Å². The largest absolute Gasteiger partial charge is 0.393 e. The van der Waals surface area contributed by atoms with Gasteiger partial charge >= 0.3 is 0 Å². The zero-order valence-corrected chi connectivity index (χ0v) is 18.9. The van der Waals surface area contributed by atoms with Crippen LogP contribution in [0, 0.1) is 11.8 Å². The molecule has 0 amide bonds. The number of rotatable bonds is 12. The van der Waals surface area contributed by atoms with Gasteiger partial charge in [-0.3, -0.25) is 0 Å². The van der Waals surface area contributed by atoms with Gasteiger partial charge in [-0.2, -0.15) is 0 Å². The Kier molecular flexibility index (Phi) is 12.2. The number of ether oxygens (including phenoxy) is 4. The molecule has 0 aromatic carbocycles. The summed E-state index contributed by atoms with van der Waals surface area (Å²) in [6.45, 7) is 9.11. The topological polar surface area (TPSA) is 57.2 Å². The molecule has 0 aromatic rings. The summed E-state index contributed by atoms with van der Waals surface area (Å²) in [5, 5.41) is 10.5. The van der Waals surface area contributed by atoms with E-state index >= 15 is 0 Å². The third kappa shape index (κ3) is 7.60. The predicted octanol–water partition coefficient (Wildman–Crippen LogP) is 4.15. The third-order valence-corrected chi connectivity index (χ3v) is 6.03. The Hall–Kier alpha value is -0.720. The smallest absolute Gasteiger partial charge is 0.113 e. The molecule has 0 spiro atoms. The predicted molar refractivity (Wildman–Crippen MR) is 114 cm³/mol. The average Bonchev–Trinajstić information content (AvgIpc) is 2.71. The first kappa shape index (κ1) is 25.3. The molecule has 0 aliphatic carbocycles. The zero-order chi connectivity index (χ0) is 21.1. The van der Waals surface area contributed by atoms with Gasteiger partial charge in [-0.15, -0.1) is 0 Å². The van der Waals surface area contributed by atoms with Crippen molar-refractivity contribution in [3.8, 4) is 0 Å². The highest BCUT2D eigenvalue weighted by Crippen LogP contribution is 2.25. The highest BCUT2D eigenvalue weighted by atomic mass is 16.6. The molecule has 0 aromatic heterocycles. The molecule has 5 nitrogen and oxygen atoms in total. The first-order chi connectivity index (χ1) is 13.4. The summed E-state index contributed by atoms with van der Waals surface area (Å²) < 4.78 is 22.6. The van der Waals surface area contributed by atoms with Crippen LogP contribution in [0.3, 0.4) is 0 Å². The van der Waals surface area contributed by atoms with Gasteiger partial charge in [-0.25, -0.2) is 0 Å². The van der Waals surface area contributed by atoms with E-state index in [2.05, 4.69) is 39.8 Å². The van der Waals surface area contributed by atoms with E-state index in [4.69, 9.17) is 18.9 Å². The summed E-state index contributed by atoms with van der Waals surface area (Å²) in [4.78, 5) is 0. The van der Waals surface area contributed by atoms with Gasteiger partial charge in [0.15, 0.2) is 0 Å². The maximum atomic E-state index is 10.5.